The molecule has 156 valence electrons. The second kappa shape index (κ2) is 8.23. The molecule has 1 N–H and O–H groups in total. The van der Waals surface area contributed by atoms with Gasteiger partial charge in [0, 0.05) is 30.5 Å². The average Bonchev–Trinajstić information content (AvgIpc) is 3.14. The van der Waals surface area contributed by atoms with E-state index >= 15 is 0 Å². The summed E-state index contributed by atoms with van der Waals surface area (Å²) in [6.45, 7) is 0.0617. The first kappa shape index (κ1) is 20.0. The lowest BCUT2D eigenvalue weighted by molar-refractivity contribution is -0.475. The largest absolute Gasteiger partial charge is 0.488 e. The molecule has 0 amide bonds. The number of nitrogens with one attached hydrogen (secondary N) is 1. The van der Waals surface area contributed by atoms with Gasteiger partial charge < -0.3 is 9.47 Å². The fourth-order valence-electron chi connectivity index (χ4n) is 3.12. The Bertz CT molecular complexity index is 1330. The third-order valence-electron chi connectivity index (χ3n) is 4.54. The maximum absolute atomic E-state index is 14.0. The number of hydrogen-bond donors (Lipinski definition) is 1. The van der Waals surface area contributed by atoms with Crippen LogP contribution in [0, 0.1) is 17.1 Å². The van der Waals surface area contributed by atoms with Gasteiger partial charge in [0.05, 0.1) is 6.54 Å². The van der Waals surface area contributed by atoms with Crippen LogP contribution < -0.4 is 20.7 Å². The molecule has 0 saturated carbocycles. The Morgan fingerprint density at radius 2 is 2.06 bits per heavy atom. The molecule has 0 bridgehead atoms. The first-order valence-corrected chi connectivity index (χ1v) is 9.16. The number of halogens is 2. The molecule has 2 aromatic rings. The molecule has 4 rings (SSSR count). The maximum atomic E-state index is 14.0. The van der Waals surface area contributed by atoms with E-state index in [1.165, 1.54) is 52.0 Å². The van der Waals surface area contributed by atoms with Crippen LogP contribution >= 0.6 is 0 Å². The van der Waals surface area contributed by atoms with Crippen LogP contribution in [-0.4, -0.2) is 33.0 Å². The van der Waals surface area contributed by atoms with Gasteiger partial charge in [-0.05, 0) is 12.1 Å². The van der Waals surface area contributed by atoms with Crippen LogP contribution in [0.15, 0.2) is 75.6 Å². The minimum atomic E-state index is -0.598. The fraction of sp³-hybridized carbons (Fsp3) is 0.143. The number of rotatable bonds is 6. The van der Waals surface area contributed by atoms with Crippen molar-refractivity contribution in [3.05, 3.63) is 92.6 Å². The number of benzene rings is 1. The van der Waals surface area contributed by atoms with Crippen LogP contribution in [0.4, 0.5) is 8.78 Å². The number of nitriles is 1. The van der Waals surface area contributed by atoms with Crippen molar-refractivity contribution in [3.63, 3.8) is 0 Å². The van der Waals surface area contributed by atoms with Gasteiger partial charge in [-0.15, -0.1) is 0 Å². The van der Waals surface area contributed by atoms with E-state index in [2.05, 4.69) is 4.98 Å². The predicted molar refractivity (Wildman–Crippen MR) is 105 cm³/mol. The third kappa shape index (κ3) is 4.35. The van der Waals surface area contributed by atoms with Crippen molar-refractivity contribution >= 4 is 6.21 Å². The van der Waals surface area contributed by atoms with Crippen LogP contribution in [0.2, 0.25) is 0 Å². The van der Waals surface area contributed by atoms with Gasteiger partial charge in [-0.3, -0.25) is 14.3 Å². The zero-order chi connectivity index (χ0) is 22.0. The molecule has 8 nitrogen and oxygen atoms in total. The number of allylic oxidation sites excluding steroid dienone is 3. The molecular formula is C21H15F2N4O4+. The normalized spacial score (nSPS) is 17.0. The molecule has 3 heterocycles. The standard InChI is InChI=1S/C21H14F2N4O4/c22-14-1-2-17(19(8-14)30-6-5-26-4-3-20(28)25-21(26)29)31-18-9-15(23)12-27-11-13(10-24)7-16(18)27/h1-4,7-9,11-12,16H,5-6H2/p+1. The number of hydrogen-bond acceptors (Lipinski definition) is 5. The molecule has 2 aliphatic rings. The van der Waals surface area contributed by atoms with E-state index in [9.17, 15) is 18.4 Å². The molecule has 1 aromatic heterocycles. The molecule has 2 aliphatic heterocycles. The second-order valence-electron chi connectivity index (χ2n) is 6.66. The van der Waals surface area contributed by atoms with E-state index in [0.29, 0.717) is 5.57 Å². The molecule has 1 aromatic carbocycles. The SMILES string of the molecule is N#CC1=CC2C(Oc3ccc(F)cc3OCCn3ccc(=O)[nH]c3=O)=CC(F)=C[N+]2=C1. The maximum Gasteiger partial charge on any atom is 0.328 e. The Morgan fingerprint density at radius 3 is 2.84 bits per heavy atom. The van der Waals surface area contributed by atoms with Crippen molar-refractivity contribution in [1.82, 2.24) is 9.55 Å². The topological polar surface area (TPSA) is 100 Å². The number of H-pyrrole nitrogens is 1. The summed E-state index contributed by atoms with van der Waals surface area (Å²) in [7, 11) is 0. The Kier molecular flexibility index (Phi) is 5.32. The van der Waals surface area contributed by atoms with Gasteiger partial charge >= 0.3 is 5.69 Å². The van der Waals surface area contributed by atoms with Gasteiger partial charge in [0.15, 0.2) is 29.3 Å². The summed E-state index contributed by atoms with van der Waals surface area (Å²) in [6.07, 6.45) is 6.84. The van der Waals surface area contributed by atoms with E-state index in [1.54, 1.807) is 6.08 Å². The van der Waals surface area contributed by atoms with E-state index in [0.717, 1.165) is 6.07 Å². The summed E-state index contributed by atoms with van der Waals surface area (Å²) in [4.78, 5) is 25.0. The lowest BCUT2D eigenvalue weighted by atomic mass is 10.1. The van der Waals surface area contributed by atoms with Crippen LogP contribution in [0.1, 0.15) is 0 Å². The molecule has 1 unspecified atom stereocenters. The van der Waals surface area contributed by atoms with E-state index in [4.69, 9.17) is 14.7 Å². The van der Waals surface area contributed by atoms with Crippen molar-refractivity contribution in [1.29, 1.82) is 5.26 Å². The molecule has 31 heavy (non-hydrogen) atoms. The molecular weight excluding hydrogens is 410 g/mol. The Hall–Kier alpha value is -4.26. The van der Waals surface area contributed by atoms with Gasteiger partial charge in [-0.1, -0.05) is 0 Å². The third-order valence-corrected chi connectivity index (χ3v) is 4.54. The molecule has 0 fully saturated rings. The number of aromatic nitrogens is 2. The van der Waals surface area contributed by atoms with Gasteiger partial charge in [-0.25, -0.2) is 13.6 Å². The molecule has 0 saturated heterocycles. The Morgan fingerprint density at radius 1 is 1.23 bits per heavy atom. The van der Waals surface area contributed by atoms with Crippen molar-refractivity contribution in [2.24, 2.45) is 0 Å². The van der Waals surface area contributed by atoms with E-state index < -0.39 is 28.9 Å². The lowest BCUT2D eigenvalue weighted by Gasteiger charge is -2.18. The lowest BCUT2D eigenvalue weighted by Crippen LogP contribution is -2.30. The van der Waals surface area contributed by atoms with Crippen molar-refractivity contribution < 1.29 is 22.8 Å². The summed E-state index contributed by atoms with van der Waals surface area (Å²) in [6, 6.07) is 6.28. The molecule has 0 aliphatic carbocycles. The van der Waals surface area contributed by atoms with Crippen LogP contribution in [0.5, 0.6) is 11.5 Å². The van der Waals surface area contributed by atoms with Gasteiger partial charge in [0.25, 0.3) is 5.56 Å². The Labute approximate surface area is 173 Å². The summed E-state index contributed by atoms with van der Waals surface area (Å²) in [5, 5.41) is 9.10. The summed E-state index contributed by atoms with van der Waals surface area (Å²) >= 11 is 0. The van der Waals surface area contributed by atoms with Crippen LogP contribution in [-0.2, 0) is 6.54 Å². The fourth-order valence-corrected chi connectivity index (χ4v) is 3.12. The molecule has 0 radical (unpaired) electrons. The summed E-state index contributed by atoms with van der Waals surface area (Å²) < 4.78 is 41.9. The molecule has 1 atom stereocenters. The zero-order valence-electron chi connectivity index (χ0n) is 15.9. The molecule has 10 heteroatoms. The van der Waals surface area contributed by atoms with Gasteiger partial charge in [0.2, 0.25) is 12.2 Å². The quantitative estimate of drug-likeness (QED) is 0.711. The summed E-state index contributed by atoms with van der Waals surface area (Å²) in [5.41, 5.74) is -0.761. The monoisotopic (exact) mass is 425 g/mol. The van der Waals surface area contributed by atoms with Crippen molar-refractivity contribution in [3.8, 4) is 17.6 Å². The highest BCUT2D eigenvalue weighted by Gasteiger charge is 2.35. The second-order valence-corrected chi connectivity index (χ2v) is 6.66. The minimum Gasteiger partial charge on any atom is -0.488 e. The first-order chi connectivity index (χ1) is 14.9. The van der Waals surface area contributed by atoms with Crippen molar-refractivity contribution in [2.75, 3.05) is 6.61 Å². The number of fused-ring (bicyclic) bond motifs is 1. The molecule has 0 spiro atoms. The first-order valence-electron chi connectivity index (χ1n) is 9.16. The van der Waals surface area contributed by atoms with E-state index in [1.807, 2.05) is 6.07 Å². The predicted octanol–water partition coefficient (Wildman–Crippen LogP) is 1.76. The highest BCUT2D eigenvalue weighted by atomic mass is 19.1. The zero-order valence-corrected chi connectivity index (χ0v) is 15.9. The van der Waals surface area contributed by atoms with Crippen LogP contribution in [0.25, 0.3) is 0 Å². The van der Waals surface area contributed by atoms with Crippen molar-refractivity contribution in [2.45, 2.75) is 12.6 Å². The highest BCUT2D eigenvalue weighted by Crippen LogP contribution is 2.33. The van der Waals surface area contributed by atoms with Crippen LogP contribution in [0.3, 0.4) is 0 Å². The van der Waals surface area contributed by atoms with E-state index in [-0.39, 0.29) is 30.4 Å². The smallest absolute Gasteiger partial charge is 0.328 e. The number of ether oxygens (including phenoxy) is 2. The minimum absolute atomic E-state index is 0.0269. The Balaban J connectivity index is 1.53. The van der Waals surface area contributed by atoms with Gasteiger partial charge in [-0.2, -0.15) is 9.84 Å². The average molecular weight is 425 g/mol. The number of aromatic amines is 1. The van der Waals surface area contributed by atoms with Gasteiger partial charge in [0.1, 0.15) is 24.1 Å². The summed E-state index contributed by atoms with van der Waals surface area (Å²) in [5.74, 6) is -0.775. The highest BCUT2D eigenvalue weighted by molar-refractivity contribution is 5.82. The number of nitrogens with zero attached hydrogens (tertiary/aromatic N) is 3.